The van der Waals surface area contributed by atoms with E-state index < -0.39 is 5.97 Å². The molecule has 1 aromatic heterocycles. The number of aromatic nitrogens is 1. The highest BCUT2D eigenvalue weighted by Gasteiger charge is 2.14. The summed E-state index contributed by atoms with van der Waals surface area (Å²) in [5.41, 5.74) is 2.06. The second-order valence-corrected chi connectivity index (χ2v) is 6.18. The van der Waals surface area contributed by atoms with Crippen LogP contribution < -0.4 is 10.2 Å². The topological polar surface area (TPSA) is 71.8 Å². The molecular formula is C18H24N2O4. The van der Waals surface area contributed by atoms with Crippen molar-refractivity contribution in [1.82, 2.24) is 9.47 Å². The van der Waals surface area contributed by atoms with Crippen LogP contribution in [-0.2, 0) is 18.3 Å². The predicted octanol–water partition coefficient (Wildman–Crippen LogP) is 1.80. The van der Waals surface area contributed by atoms with E-state index in [1.165, 1.54) is 0 Å². The zero-order valence-electron chi connectivity index (χ0n) is 14.6. The van der Waals surface area contributed by atoms with Crippen molar-refractivity contribution in [1.29, 1.82) is 0 Å². The number of hydrogen-bond donors (Lipinski definition) is 1. The molecule has 0 aliphatic carbocycles. The van der Waals surface area contributed by atoms with Crippen LogP contribution in [0.4, 0.5) is 0 Å². The molecule has 0 saturated heterocycles. The Kier molecular flexibility index (Phi) is 5.62. The third-order valence-corrected chi connectivity index (χ3v) is 4.18. The van der Waals surface area contributed by atoms with Crippen LogP contribution in [0.2, 0.25) is 0 Å². The number of rotatable bonds is 7. The zero-order valence-corrected chi connectivity index (χ0v) is 14.6. The lowest BCUT2D eigenvalue weighted by Crippen LogP contribution is -2.20. The van der Waals surface area contributed by atoms with E-state index >= 15 is 0 Å². The van der Waals surface area contributed by atoms with Crippen LogP contribution in [0, 0.1) is 6.92 Å². The Morgan fingerprint density at radius 3 is 2.67 bits per heavy atom. The first-order valence-corrected chi connectivity index (χ1v) is 7.92. The minimum Gasteiger partial charge on any atom is -0.492 e. The summed E-state index contributed by atoms with van der Waals surface area (Å²) in [6.07, 6.45) is 0.177. The molecule has 0 radical (unpaired) electrons. The zero-order chi connectivity index (χ0) is 17.9. The van der Waals surface area contributed by atoms with Crippen molar-refractivity contribution in [3.05, 3.63) is 39.7 Å². The summed E-state index contributed by atoms with van der Waals surface area (Å²) in [5, 5.41) is 9.45. The minimum absolute atomic E-state index is 0.0549. The van der Waals surface area contributed by atoms with Crippen molar-refractivity contribution in [2.45, 2.75) is 19.8 Å². The van der Waals surface area contributed by atoms with E-state index in [1.54, 1.807) is 6.07 Å². The number of benzene rings is 1. The predicted molar refractivity (Wildman–Crippen MR) is 93.9 cm³/mol. The van der Waals surface area contributed by atoms with Crippen LogP contribution >= 0.6 is 0 Å². The second-order valence-electron chi connectivity index (χ2n) is 6.18. The van der Waals surface area contributed by atoms with E-state index in [0.717, 1.165) is 17.8 Å². The molecule has 0 fully saturated rings. The molecule has 0 bridgehead atoms. The van der Waals surface area contributed by atoms with Gasteiger partial charge in [-0.2, -0.15) is 0 Å². The molecule has 0 amide bonds. The lowest BCUT2D eigenvalue weighted by Gasteiger charge is -2.15. The van der Waals surface area contributed by atoms with E-state index in [9.17, 15) is 9.59 Å². The smallest absolute Gasteiger partial charge is 0.303 e. The van der Waals surface area contributed by atoms with E-state index in [4.69, 9.17) is 9.84 Å². The van der Waals surface area contributed by atoms with Gasteiger partial charge in [-0.1, -0.05) is 0 Å². The number of carboxylic acids is 1. The first kappa shape index (κ1) is 18.0. The first-order chi connectivity index (χ1) is 11.3. The van der Waals surface area contributed by atoms with Crippen molar-refractivity contribution in [3.63, 3.8) is 0 Å². The van der Waals surface area contributed by atoms with E-state index in [-0.39, 0.29) is 18.3 Å². The fourth-order valence-corrected chi connectivity index (χ4v) is 2.66. The van der Waals surface area contributed by atoms with Crippen molar-refractivity contribution in [2.75, 3.05) is 27.2 Å². The minimum atomic E-state index is -0.905. The molecule has 6 heteroatoms. The SMILES string of the molecule is Cc1c(CCC(=O)O)c(=O)c2cc(OCCN(C)C)ccc2n1C. The molecule has 6 nitrogen and oxygen atoms in total. The molecule has 0 aliphatic heterocycles. The van der Waals surface area contributed by atoms with Crippen molar-refractivity contribution >= 4 is 16.9 Å². The van der Waals surface area contributed by atoms with Crippen LogP contribution in [-0.4, -0.2) is 47.8 Å². The first-order valence-electron chi connectivity index (χ1n) is 7.92. The number of hydrogen-bond acceptors (Lipinski definition) is 4. The molecule has 24 heavy (non-hydrogen) atoms. The van der Waals surface area contributed by atoms with Gasteiger partial charge in [0.05, 0.1) is 5.52 Å². The lowest BCUT2D eigenvalue weighted by molar-refractivity contribution is -0.136. The van der Waals surface area contributed by atoms with Gasteiger partial charge in [0.1, 0.15) is 12.4 Å². The molecule has 0 spiro atoms. The normalized spacial score (nSPS) is 11.2. The number of carboxylic acid groups (broad SMARTS) is 1. The van der Waals surface area contributed by atoms with Gasteiger partial charge < -0.3 is 19.3 Å². The van der Waals surface area contributed by atoms with Crippen LogP contribution in [0.3, 0.4) is 0 Å². The van der Waals surface area contributed by atoms with Gasteiger partial charge in [0.15, 0.2) is 5.43 Å². The average Bonchev–Trinajstić information content (AvgIpc) is 2.52. The fraction of sp³-hybridized carbons (Fsp3) is 0.444. The van der Waals surface area contributed by atoms with E-state index in [2.05, 4.69) is 0 Å². The van der Waals surface area contributed by atoms with Gasteiger partial charge in [-0.3, -0.25) is 9.59 Å². The molecule has 0 atom stereocenters. The summed E-state index contributed by atoms with van der Waals surface area (Å²) < 4.78 is 7.63. The number of aryl methyl sites for hydroxylation is 1. The van der Waals surface area contributed by atoms with Gasteiger partial charge >= 0.3 is 5.97 Å². The van der Waals surface area contributed by atoms with Crippen LogP contribution in [0.1, 0.15) is 17.7 Å². The Morgan fingerprint density at radius 1 is 1.33 bits per heavy atom. The number of ether oxygens (including phenoxy) is 1. The maximum absolute atomic E-state index is 12.8. The number of aliphatic carboxylic acids is 1. The molecule has 1 aromatic carbocycles. The van der Waals surface area contributed by atoms with Gasteiger partial charge in [0.2, 0.25) is 0 Å². The van der Waals surface area contributed by atoms with Gasteiger partial charge in [-0.25, -0.2) is 0 Å². The van der Waals surface area contributed by atoms with Crippen LogP contribution in [0.5, 0.6) is 5.75 Å². The summed E-state index contributed by atoms with van der Waals surface area (Å²) in [5.74, 6) is -0.258. The molecule has 1 N–H and O–H groups in total. The number of pyridine rings is 1. The molecule has 2 aromatic rings. The van der Waals surface area contributed by atoms with Crippen molar-refractivity contribution < 1.29 is 14.6 Å². The summed E-state index contributed by atoms with van der Waals surface area (Å²) in [7, 11) is 5.82. The maximum Gasteiger partial charge on any atom is 0.303 e. The highest BCUT2D eigenvalue weighted by molar-refractivity contribution is 5.82. The van der Waals surface area contributed by atoms with Gasteiger partial charge in [0, 0.05) is 36.7 Å². The Labute approximate surface area is 141 Å². The molecule has 0 unspecified atom stereocenters. The maximum atomic E-state index is 12.8. The monoisotopic (exact) mass is 332 g/mol. The number of carbonyl (C=O) groups is 1. The van der Waals surface area contributed by atoms with Crippen molar-refractivity contribution in [2.24, 2.45) is 7.05 Å². The number of likely N-dealkylation sites (N-methyl/N-ethyl adjacent to an activating group) is 1. The van der Waals surface area contributed by atoms with Gasteiger partial charge in [-0.05, 0) is 45.6 Å². The Bertz CT molecular complexity index is 809. The van der Waals surface area contributed by atoms with Crippen molar-refractivity contribution in [3.8, 4) is 5.75 Å². The highest BCUT2D eigenvalue weighted by Crippen LogP contribution is 2.21. The molecular weight excluding hydrogens is 308 g/mol. The van der Waals surface area contributed by atoms with Gasteiger partial charge in [-0.15, -0.1) is 0 Å². The number of fused-ring (bicyclic) bond motifs is 1. The fourth-order valence-electron chi connectivity index (χ4n) is 2.66. The third kappa shape index (κ3) is 3.94. The Hall–Kier alpha value is -2.34. The summed E-state index contributed by atoms with van der Waals surface area (Å²) in [6.45, 7) is 3.17. The molecule has 1 heterocycles. The molecule has 0 aliphatic rings. The van der Waals surface area contributed by atoms with E-state index in [0.29, 0.717) is 23.3 Å². The van der Waals surface area contributed by atoms with Gasteiger partial charge in [0.25, 0.3) is 0 Å². The average molecular weight is 332 g/mol. The summed E-state index contributed by atoms with van der Waals surface area (Å²) in [4.78, 5) is 25.6. The quantitative estimate of drug-likeness (QED) is 0.837. The van der Waals surface area contributed by atoms with Crippen LogP contribution in [0.15, 0.2) is 23.0 Å². The number of nitrogens with zero attached hydrogens (tertiary/aromatic N) is 2. The van der Waals surface area contributed by atoms with E-state index in [1.807, 2.05) is 49.7 Å². The Morgan fingerprint density at radius 2 is 2.04 bits per heavy atom. The standard InChI is InChI=1S/C18H24N2O4/c1-12-14(6-8-17(21)22)18(23)15-11-13(24-10-9-19(2)3)5-7-16(15)20(12)4/h5,7,11H,6,8-10H2,1-4H3,(H,21,22). The largest absolute Gasteiger partial charge is 0.492 e. The highest BCUT2D eigenvalue weighted by atomic mass is 16.5. The molecule has 0 saturated carbocycles. The summed E-state index contributed by atoms with van der Waals surface area (Å²) >= 11 is 0. The lowest BCUT2D eigenvalue weighted by atomic mass is 10.0. The van der Waals surface area contributed by atoms with Crippen LogP contribution in [0.25, 0.3) is 10.9 Å². The second kappa shape index (κ2) is 7.49. The summed E-state index contributed by atoms with van der Waals surface area (Å²) in [6, 6.07) is 5.47. The third-order valence-electron chi connectivity index (χ3n) is 4.18. The Balaban J connectivity index is 2.42. The molecule has 130 valence electrons. The molecule has 2 rings (SSSR count).